The zero-order valence-electron chi connectivity index (χ0n) is 14.7. The lowest BCUT2D eigenvalue weighted by atomic mass is 10.1. The summed E-state index contributed by atoms with van der Waals surface area (Å²) in [5.41, 5.74) is 1.16. The molecule has 0 bridgehead atoms. The maximum absolute atomic E-state index is 12.0. The minimum absolute atomic E-state index is 0.00718. The van der Waals surface area contributed by atoms with Crippen LogP contribution in [0.25, 0.3) is 0 Å². The van der Waals surface area contributed by atoms with E-state index in [2.05, 4.69) is 5.32 Å². The molecule has 132 valence electrons. The average molecular weight is 332 g/mol. The molecule has 0 aromatic heterocycles. The number of carbonyl (C=O) groups is 2. The molecule has 5 heteroatoms. The van der Waals surface area contributed by atoms with Gasteiger partial charge < -0.3 is 15.0 Å². The predicted molar refractivity (Wildman–Crippen MR) is 94.0 cm³/mol. The van der Waals surface area contributed by atoms with Gasteiger partial charge in [-0.15, -0.1) is 0 Å². The van der Waals surface area contributed by atoms with Crippen molar-refractivity contribution in [1.29, 1.82) is 0 Å². The molecule has 0 aliphatic heterocycles. The highest BCUT2D eigenvalue weighted by atomic mass is 16.5. The first kappa shape index (κ1) is 18.3. The molecule has 2 rings (SSSR count). The van der Waals surface area contributed by atoms with Gasteiger partial charge in [-0.2, -0.15) is 0 Å². The SMILES string of the molecule is COc1ccc(CCNC(=O)CCN(C(C)=O)C2CCCC2)cc1. The van der Waals surface area contributed by atoms with Gasteiger partial charge in [-0.25, -0.2) is 0 Å². The summed E-state index contributed by atoms with van der Waals surface area (Å²) in [6.45, 7) is 2.73. The number of amides is 2. The van der Waals surface area contributed by atoms with Gasteiger partial charge in [-0.05, 0) is 37.0 Å². The first-order chi connectivity index (χ1) is 11.6. The summed E-state index contributed by atoms with van der Waals surface area (Å²) < 4.78 is 5.13. The molecule has 0 spiro atoms. The third-order valence-corrected chi connectivity index (χ3v) is 4.64. The second-order valence-electron chi connectivity index (χ2n) is 6.35. The number of methoxy groups -OCH3 is 1. The molecule has 0 saturated heterocycles. The molecule has 0 heterocycles. The fourth-order valence-corrected chi connectivity index (χ4v) is 3.26. The van der Waals surface area contributed by atoms with E-state index < -0.39 is 0 Å². The summed E-state index contributed by atoms with van der Waals surface area (Å²) in [6.07, 6.45) is 5.66. The Hall–Kier alpha value is -2.04. The Morgan fingerprint density at radius 1 is 1.21 bits per heavy atom. The number of ether oxygens (including phenoxy) is 1. The number of nitrogens with zero attached hydrogens (tertiary/aromatic N) is 1. The lowest BCUT2D eigenvalue weighted by Gasteiger charge is -2.27. The summed E-state index contributed by atoms with van der Waals surface area (Å²) in [4.78, 5) is 25.7. The molecule has 2 amide bonds. The highest BCUT2D eigenvalue weighted by molar-refractivity contribution is 5.78. The van der Waals surface area contributed by atoms with Crippen LogP contribution in [-0.2, 0) is 16.0 Å². The molecule has 1 aromatic rings. The van der Waals surface area contributed by atoms with E-state index in [1.165, 1.54) is 12.8 Å². The van der Waals surface area contributed by atoms with Gasteiger partial charge in [0, 0.05) is 32.5 Å². The number of nitrogens with one attached hydrogen (secondary N) is 1. The Kier molecular flexibility index (Phi) is 7.09. The average Bonchev–Trinajstić information content (AvgIpc) is 3.09. The number of hydrogen-bond acceptors (Lipinski definition) is 3. The maximum Gasteiger partial charge on any atom is 0.221 e. The summed E-state index contributed by atoms with van der Waals surface area (Å²) in [6, 6.07) is 8.17. The highest BCUT2D eigenvalue weighted by Crippen LogP contribution is 2.23. The third-order valence-electron chi connectivity index (χ3n) is 4.64. The smallest absolute Gasteiger partial charge is 0.221 e. The Morgan fingerprint density at radius 2 is 1.88 bits per heavy atom. The quantitative estimate of drug-likeness (QED) is 0.796. The monoisotopic (exact) mass is 332 g/mol. The van der Waals surface area contributed by atoms with Crippen LogP contribution in [0.5, 0.6) is 5.75 Å². The van der Waals surface area contributed by atoms with Gasteiger partial charge >= 0.3 is 0 Å². The Bertz CT molecular complexity index is 536. The summed E-state index contributed by atoms with van der Waals surface area (Å²) in [5.74, 6) is 0.916. The van der Waals surface area contributed by atoms with Gasteiger partial charge in [-0.1, -0.05) is 25.0 Å². The van der Waals surface area contributed by atoms with E-state index in [1.807, 2.05) is 29.2 Å². The summed E-state index contributed by atoms with van der Waals surface area (Å²) >= 11 is 0. The number of rotatable bonds is 8. The normalized spacial score (nSPS) is 14.4. The van der Waals surface area contributed by atoms with Crippen molar-refractivity contribution < 1.29 is 14.3 Å². The third kappa shape index (κ3) is 5.55. The standard InChI is InChI=1S/C19H28N2O3/c1-15(22)21(17-5-3-4-6-17)14-12-19(23)20-13-11-16-7-9-18(24-2)10-8-16/h7-10,17H,3-6,11-14H2,1-2H3,(H,20,23). The molecule has 0 radical (unpaired) electrons. The minimum Gasteiger partial charge on any atom is -0.497 e. The Morgan fingerprint density at radius 3 is 2.46 bits per heavy atom. The summed E-state index contributed by atoms with van der Waals surface area (Å²) in [7, 11) is 1.64. The van der Waals surface area contributed by atoms with Crippen molar-refractivity contribution in [3.63, 3.8) is 0 Å². The van der Waals surface area contributed by atoms with Crippen LogP contribution in [-0.4, -0.2) is 43.0 Å². The van der Waals surface area contributed by atoms with Crippen molar-refractivity contribution in [3.8, 4) is 5.75 Å². The van der Waals surface area contributed by atoms with Crippen molar-refractivity contribution in [2.45, 2.75) is 51.5 Å². The molecule has 5 nitrogen and oxygen atoms in total. The van der Waals surface area contributed by atoms with E-state index in [1.54, 1.807) is 14.0 Å². The first-order valence-electron chi connectivity index (χ1n) is 8.77. The highest BCUT2D eigenvalue weighted by Gasteiger charge is 2.24. The van der Waals surface area contributed by atoms with Crippen LogP contribution in [0, 0.1) is 0 Å². The molecule has 0 unspecified atom stereocenters. The van der Waals surface area contributed by atoms with Crippen LogP contribution in [0.4, 0.5) is 0 Å². The van der Waals surface area contributed by atoms with Gasteiger partial charge in [0.25, 0.3) is 0 Å². The van der Waals surface area contributed by atoms with Crippen molar-refractivity contribution in [2.75, 3.05) is 20.2 Å². The zero-order chi connectivity index (χ0) is 17.4. The maximum atomic E-state index is 12.0. The van der Waals surface area contributed by atoms with Crippen LogP contribution in [0.15, 0.2) is 24.3 Å². The molecular formula is C19H28N2O3. The van der Waals surface area contributed by atoms with Crippen LogP contribution < -0.4 is 10.1 Å². The van der Waals surface area contributed by atoms with Gasteiger partial charge in [-0.3, -0.25) is 9.59 Å². The van der Waals surface area contributed by atoms with Crippen LogP contribution in [0.3, 0.4) is 0 Å². The van der Waals surface area contributed by atoms with Crippen LogP contribution >= 0.6 is 0 Å². The molecule has 1 fully saturated rings. The van der Waals surface area contributed by atoms with E-state index in [4.69, 9.17) is 4.74 Å². The predicted octanol–water partition coefficient (Wildman–Crippen LogP) is 2.54. The van der Waals surface area contributed by atoms with Gasteiger partial charge in [0.2, 0.25) is 11.8 Å². The Labute approximate surface area is 144 Å². The largest absolute Gasteiger partial charge is 0.497 e. The van der Waals surface area contributed by atoms with E-state index in [-0.39, 0.29) is 11.8 Å². The number of carbonyl (C=O) groups excluding carboxylic acids is 2. The lowest BCUT2D eigenvalue weighted by molar-refractivity contribution is -0.131. The second-order valence-corrected chi connectivity index (χ2v) is 6.35. The molecular weight excluding hydrogens is 304 g/mol. The number of benzene rings is 1. The molecule has 1 aliphatic carbocycles. The molecule has 1 saturated carbocycles. The molecule has 1 aromatic carbocycles. The summed E-state index contributed by atoms with van der Waals surface area (Å²) in [5, 5.41) is 2.94. The first-order valence-corrected chi connectivity index (χ1v) is 8.77. The van der Waals surface area contributed by atoms with Gasteiger partial charge in [0.15, 0.2) is 0 Å². The Balaban J connectivity index is 1.69. The van der Waals surface area contributed by atoms with E-state index in [9.17, 15) is 9.59 Å². The second kappa shape index (κ2) is 9.30. The van der Waals surface area contributed by atoms with Gasteiger partial charge in [0.1, 0.15) is 5.75 Å². The molecule has 0 atom stereocenters. The molecule has 1 N–H and O–H groups in total. The van der Waals surface area contributed by atoms with E-state index in [0.717, 1.165) is 30.6 Å². The van der Waals surface area contributed by atoms with Crippen molar-refractivity contribution in [1.82, 2.24) is 10.2 Å². The van der Waals surface area contributed by atoms with Crippen molar-refractivity contribution >= 4 is 11.8 Å². The fourth-order valence-electron chi connectivity index (χ4n) is 3.26. The lowest BCUT2D eigenvalue weighted by Crippen LogP contribution is -2.40. The van der Waals surface area contributed by atoms with E-state index in [0.29, 0.717) is 25.6 Å². The van der Waals surface area contributed by atoms with E-state index >= 15 is 0 Å². The van der Waals surface area contributed by atoms with Crippen molar-refractivity contribution in [3.05, 3.63) is 29.8 Å². The van der Waals surface area contributed by atoms with Crippen LogP contribution in [0.1, 0.15) is 44.6 Å². The zero-order valence-corrected chi connectivity index (χ0v) is 14.7. The van der Waals surface area contributed by atoms with Gasteiger partial charge in [0.05, 0.1) is 7.11 Å². The molecule has 1 aliphatic rings. The minimum atomic E-state index is 0.00718. The van der Waals surface area contributed by atoms with Crippen LogP contribution in [0.2, 0.25) is 0 Å². The topological polar surface area (TPSA) is 58.6 Å². The number of hydrogen-bond donors (Lipinski definition) is 1. The molecule has 24 heavy (non-hydrogen) atoms. The van der Waals surface area contributed by atoms with Crippen molar-refractivity contribution in [2.24, 2.45) is 0 Å². The fraction of sp³-hybridized carbons (Fsp3) is 0.579.